The van der Waals surface area contributed by atoms with Crippen molar-refractivity contribution < 1.29 is 0 Å². The van der Waals surface area contributed by atoms with E-state index in [9.17, 15) is 0 Å². The minimum absolute atomic E-state index is 0.748. The summed E-state index contributed by atoms with van der Waals surface area (Å²) >= 11 is 0. The Morgan fingerprint density at radius 1 is 1.09 bits per heavy atom. The molecule has 0 aliphatic carbocycles. The largest absolute Gasteiger partial charge is 0.0914 e. The van der Waals surface area contributed by atoms with E-state index in [1.165, 1.54) is 6.42 Å². The second kappa shape index (κ2) is 5.40. The Bertz CT molecular complexity index is 111. The SMILES string of the molecule is CC=CC(C)CC(C)C(C)C. The lowest BCUT2D eigenvalue weighted by Gasteiger charge is -2.17. The molecule has 0 heteroatoms. The van der Waals surface area contributed by atoms with Crippen LogP contribution in [0, 0.1) is 17.8 Å². The molecule has 2 atom stereocenters. The van der Waals surface area contributed by atoms with E-state index in [0.29, 0.717) is 0 Å². The Morgan fingerprint density at radius 2 is 1.64 bits per heavy atom. The van der Waals surface area contributed by atoms with Crippen LogP contribution in [0.2, 0.25) is 0 Å². The average molecular weight is 154 g/mol. The Kier molecular flexibility index (Phi) is 5.27. The molecule has 0 aromatic heterocycles. The van der Waals surface area contributed by atoms with Gasteiger partial charge in [0.15, 0.2) is 0 Å². The molecular formula is C11H22. The lowest BCUT2D eigenvalue weighted by atomic mass is 9.88. The highest BCUT2D eigenvalue weighted by Crippen LogP contribution is 2.19. The van der Waals surface area contributed by atoms with Crippen LogP contribution in [0.3, 0.4) is 0 Å². The number of hydrogen-bond acceptors (Lipinski definition) is 0. The van der Waals surface area contributed by atoms with Gasteiger partial charge in [0, 0.05) is 0 Å². The summed E-state index contributed by atoms with van der Waals surface area (Å²) in [5, 5.41) is 0. The maximum atomic E-state index is 2.34. The van der Waals surface area contributed by atoms with Gasteiger partial charge in [0.05, 0.1) is 0 Å². The van der Waals surface area contributed by atoms with E-state index in [0.717, 1.165) is 17.8 Å². The van der Waals surface area contributed by atoms with E-state index in [-0.39, 0.29) is 0 Å². The van der Waals surface area contributed by atoms with Gasteiger partial charge >= 0.3 is 0 Å². The molecule has 66 valence electrons. The van der Waals surface area contributed by atoms with Crippen LogP contribution in [0.15, 0.2) is 12.2 Å². The van der Waals surface area contributed by atoms with Crippen LogP contribution >= 0.6 is 0 Å². The van der Waals surface area contributed by atoms with Crippen molar-refractivity contribution in [2.24, 2.45) is 17.8 Å². The van der Waals surface area contributed by atoms with Gasteiger partial charge in [0.25, 0.3) is 0 Å². The third-order valence-electron chi connectivity index (χ3n) is 2.40. The number of allylic oxidation sites excluding steroid dienone is 2. The van der Waals surface area contributed by atoms with Crippen molar-refractivity contribution in [3.63, 3.8) is 0 Å². The van der Waals surface area contributed by atoms with E-state index < -0.39 is 0 Å². The zero-order valence-corrected chi connectivity index (χ0v) is 8.59. The van der Waals surface area contributed by atoms with E-state index in [2.05, 4.69) is 46.8 Å². The first kappa shape index (κ1) is 10.7. The molecule has 0 aromatic carbocycles. The Hall–Kier alpha value is -0.260. The molecule has 0 amide bonds. The first-order valence-electron chi connectivity index (χ1n) is 4.70. The summed E-state index contributed by atoms with van der Waals surface area (Å²) < 4.78 is 0. The molecule has 0 aliphatic heterocycles. The second-order valence-electron chi connectivity index (χ2n) is 3.96. The zero-order chi connectivity index (χ0) is 8.85. The molecule has 0 radical (unpaired) electrons. The Balaban J connectivity index is 3.65. The summed E-state index contributed by atoms with van der Waals surface area (Å²) in [5.41, 5.74) is 0. The monoisotopic (exact) mass is 154 g/mol. The third kappa shape index (κ3) is 5.06. The van der Waals surface area contributed by atoms with Gasteiger partial charge < -0.3 is 0 Å². The lowest BCUT2D eigenvalue weighted by molar-refractivity contribution is 0.358. The fourth-order valence-electron chi connectivity index (χ4n) is 1.27. The molecular weight excluding hydrogens is 132 g/mol. The summed E-state index contributed by atoms with van der Waals surface area (Å²) in [6, 6.07) is 0. The summed E-state index contributed by atoms with van der Waals surface area (Å²) in [6.45, 7) is 11.3. The maximum absolute atomic E-state index is 2.34. The molecule has 0 saturated carbocycles. The molecule has 0 aliphatic rings. The molecule has 0 spiro atoms. The molecule has 0 bridgehead atoms. The van der Waals surface area contributed by atoms with E-state index in [4.69, 9.17) is 0 Å². The minimum Gasteiger partial charge on any atom is -0.0914 e. The highest BCUT2D eigenvalue weighted by Gasteiger charge is 2.09. The predicted molar refractivity (Wildman–Crippen MR) is 52.6 cm³/mol. The summed E-state index contributed by atoms with van der Waals surface area (Å²) in [5.74, 6) is 2.42. The van der Waals surface area contributed by atoms with Crippen molar-refractivity contribution >= 4 is 0 Å². The predicted octanol–water partition coefficient (Wildman–Crippen LogP) is 3.88. The van der Waals surface area contributed by atoms with Gasteiger partial charge in [0.2, 0.25) is 0 Å². The first-order valence-corrected chi connectivity index (χ1v) is 4.70. The smallest absolute Gasteiger partial charge is 0.0259 e. The van der Waals surface area contributed by atoms with Crippen molar-refractivity contribution in [3.8, 4) is 0 Å². The van der Waals surface area contributed by atoms with Crippen molar-refractivity contribution in [1.82, 2.24) is 0 Å². The van der Waals surface area contributed by atoms with Crippen LogP contribution in [0.25, 0.3) is 0 Å². The maximum Gasteiger partial charge on any atom is -0.0259 e. The van der Waals surface area contributed by atoms with E-state index in [1.54, 1.807) is 0 Å². The van der Waals surface area contributed by atoms with Gasteiger partial charge in [-0.15, -0.1) is 0 Å². The van der Waals surface area contributed by atoms with Crippen LogP contribution in [0.4, 0.5) is 0 Å². The average Bonchev–Trinajstić information content (AvgIpc) is 1.87. The molecule has 0 fully saturated rings. The van der Waals surface area contributed by atoms with E-state index in [1.807, 2.05) is 0 Å². The van der Waals surface area contributed by atoms with Crippen molar-refractivity contribution in [2.75, 3.05) is 0 Å². The van der Waals surface area contributed by atoms with Crippen molar-refractivity contribution in [3.05, 3.63) is 12.2 Å². The summed E-state index contributed by atoms with van der Waals surface area (Å²) in [6.07, 6.45) is 5.76. The number of rotatable bonds is 4. The highest BCUT2D eigenvalue weighted by atomic mass is 14.1. The van der Waals surface area contributed by atoms with Gasteiger partial charge in [-0.2, -0.15) is 0 Å². The van der Waals surface area contributed by atoms with Gasteiger partial charge in [-0.3, -0.25) is 0 Å². The van der Waals surface area contributed by atoms with Crippen molar-refractivity contribution in [2.45, 2.75) is 41.0 Å². The molecule has 0 nitrogen and oxygen atoms in total. The first-order chi connectivity index (χ1) is 5.07. The van der Waals surface area contributed by atoms with Gasteiger partial charge in [-0.25, -0.2) is 0 Å². The van der Waals surface area contributed by atoms with Crippen LogP contribution in [0.5, 0.6) is 0 Å². The lowest BCUT2D eigenvalue weighted by Crippen LogP contribution is -2.07. The summed E-state index contributed by atoms with van der Waals surface area (Å²) in [7, 11) is 0. The normalized spacial score (nSPS) is 17.6. The topological polar surface area (TPSA) is 0 Å². The molecule has 0 aromatic rings. The quantitative estimate of drug-likeness (QED) is 0.539. The van der Waals surface area contributed by atoms with Gasteiger partial charge in [-0.05, 0) is 31.1 Å². The van der Waals surface area contributed by atoms with Gasteiger partial charge in [0.1, 0.15) is 0 Å². The molecule has 2 unspecified atom stereocenters. The fraction of sp³-hybridized carbons (Fsp3) is 0.818. The van der Waals surface area contributed by atoms with Crippen LogP contribution in [-0.2, 0) is 0 Å². The fourth-order valence-corrected chi connectivity index (χ4v) is 1.27. The standard InChI is InChI=1S/C11H22/c1-6-7-10(4)8-11(5)9(2)3/h6-7,9-11H,8H2,1-5H3. The molecule has 11 heavy (non-hydrogen) atoms. The molecule has 0 saturated heterocycles. The minimum atomic E-state index is 0.748. The third-order valence-corrected chi connectivity index (χ3v) is 2.40. The van der Waals surface area contributed by atoms with Crippen LogP contribution in [0.1, 0.15) is 41.0 Å². The molecule has 0 heterocycles. The zero-order valence-electron chi connectivity index (χ0n) is 8.59. The second-order valence-corrected chi connectivity index (χ2v) is 3.96. The van der Waals surface area contributed by atoms with Crippen molar-refractivity contribution in [1.29, 1.82) is 0 Å². The molecule has 0 rings (SSSR count). The van der Waals surface area contributed by atoms with E-state index >= 15 is 0 Å². The summed E-state index contributed by atoms with van der Waals surface area (Å²) in [4.78, 5) is 0. The molecule has 0 N–H and O–H groups in total. The Labute approximate surface area is 71.7 Å². The highest BCUT2D eigenvalue weighted by molar-refractivity contribution is 4.83. The van der Waals surface area contributed by atoms with Crippen LogP contribution in [-0.4, -0.2) is 0 Å². The Morgan fingerprint density at radius 3 is 2.00 bits per heavy atom. The van der Waals surface area contributed by atoms with Gasteiger partial charge in [-0.1, -0.05) is 39.8 Å². The van der Waals surface area contributed by atoms with Crippen LogP contribution < -0.4 is 0 Å². The number of hydrogen-bond donors (Lipinski definition) is 0.